The first-order valence-corrected chi connectivity index (χ1v) is 13.4. The molecule has 0 fully saturated rings. The lowest BCUT2D eigenvalue weighted by Crippen LogP contribution is -2.25. The van der Waals surface area contributed by atoms with Gasteiger partial charge in [0.2, 0.25) is 0 Å². The second-order valence-electron chi connectivity index (χ2n) is 10.8. The van der Waals surface area contributed by atoms with Crippen LogP contribution < -0.4 is 0 Å². The van der Waals surface area contributed by atoms with E-state index in [1.807, 2.05) is 50.2 Å². The molecule has 38 heavy (non-hydrogen) atoms. The summed E-state index contributed by atoms with van der Waals surface area (Å²) in [5.41, 5.74) is 5.65. The molecule has 0 bridgehead atoms. The molecule has 0 spiro atoms. The average molecular weight is 513 g/mol. The number of aromatic hydroxyl groups is 3. The largest absolute Gasteiger partial charge is 0.508 e. The predicted molar refractivity (Wildman–Crippen MR) is 160 cm³/mol. The first-order valence-electron chi connectivity index (χ1n) is 13.4. The molecule has 0 aliphatic carbocycles. The maximum atomic E-state index is 9.57. The van der Waals surface area contributed by atoms with Gasteiger partial charge >= 0.3 is 0 Å². The summed E-state index contributed by atoms with van der Waals surface area (Å²) >= 11 is 0. The normalized spacial score (nSPS) is 11.2. The van der Waals surface area contributed by atoms with Gasteiger partial charge in [-0.25, -0.2) is 0 Å². The Hall–Kier alpha value is -3.72. The van der Waals surface area contributed by atoms with E-state index >= 15 is 0 Å². The summed E-state index contributed by atoms with van der Waals surface area (Å²) in [5.74, 6) is 1.28. The second-order valence-corrected chi connectivity index (χ2v) is 10.8. The van der Waals surface area contributed by atoms with Gasteiger partial charge in [-0.3, -0.25) is 0 Å². The van der Waals surface area contributed by atoms with Crippen molar-refractivity contribution < 1.29 is 15.3 Å². The van der Waals surface area contributed by atoms with Gasteiger partial charge in [0.1, 0.15) is 17.2 Å². The molecule has 0 heterocycles. The van der Waals surface area contributed by atoms with Gasteiger partial charge in [-0.15, -0.1) is 0 Å². The molecule has 0 unspecified atom stereocenters. The van der Waals surface area contributed by atoms with Crippen LogP contribution in [0.4, 0.5) is 0 Å². The average Bonchev–Trinajstić information content (AvgIpc) is 2.90. The molecular weight excluding hydrogens is 468 g/mol. The number of phenols is 3. The molecule has 0 aromatic heterocycles. The molecule has 202 valence electrons. The summed E-state index contributed by atoms with van der Waals surface area (Å²) in [7, 11) is 0. The lowest BCUT2D eigenvalue weighted by Gasteiger charge is -2.32. The van der Waals surface area contributed by atoms with Crippen LogP contribution >= 0.6 is 0 Å². The van der Waals surface area contributed by atoms with E-state index in [2.05, 4.69) is 65.8 Å². The zero-order valence-electron chi connectivity index (χ0n) is 24.2. The Labute approximate surface area is 229 Å². The fourth-order valence-corrected chi connectivity index (χ4v) is 4.25. The highest BCUT2D eigenvalue weighted by molar-refractivity contribution is 5.51. The van der Waals surface area contributed by atoms with Gasteiger partial charge in [0.25, 0.3) is 0 Å². The molecule has 3 heteroatoms. The molecule has 4 aromatic rings. The lowest BCUT2D eigenvalue weighted by atomic mass is 9.71. The number of hydrogen-bond donors (Lipinski definition) is 3. The molecule has 0 saturated carbocycles. The smallest absolute Gasteiger partial charge is 0.115 e. The minimum absolute atomic E-state index is 0.215. The number of benzene rings is 4. The zero-order chi connectivity index (χ0) is 28.5. The second kappa shape index (κ2) is 13.2. The van der Waals surface area contributed by atoms with Crippen LogP contribution in [0, 0.1) is 0 Å². The molecule has 0 amide bonds. The van der Waals surface area contributed by atoms with E-state index in [0.29, 0.717) is 5.92 Å². The monoisotopic (exact) mass is 512 g/mol. The van der Waals surface area contributed by atoms with E-state index < -0.39 is 5.41 Å². The van der Waals surface area contributed by atoms with Crippen molar-refractivity contribution in [2.24, 2.45) is 0 Å². The van der Waals surface area contributed by atoms with E-state index in [9.17, 15) is 15.3 Å². The first kappa shape index (κ1) is 30.5. The lowest BCUT2D eigenvalue weighted by molar-refractivity contribution is 0.474. The summed E-state index contributed by atoms with van der Waals surface area (Å²) in [5, 5.41) is 28.7. The number of rotatable bonds is 4. The minimum Gasteiger partial charge on any atom is -0.508 e. The zero-order valence-corrected chi connectivity index (χ0v) is 24.2. The highest BCUT2D eigenvalue weighted by Gasteiger charge is 2.31. The molecule has 0 atom stereocenters. The van der Waals surface area contributed by atoms with Gasteiger partial charge in [0.05, 0.1) is 0 Å². The Balaban J connectivity index is 0.000000288. The van der Waals surface area contributed by atoms with E-state index in [1.54, 1.807) is 36.4 Å². The van der Waals surface area contributed by atoms with E-state index in [0.717, 1.165) is 16.7 Å². The van der Waals surface area contributed by atoms with Gasteiger partial charge in [0, 0.05) is 5.41 Å². The molecule has 4 rings (SSSR count). The Morgan fingerprint density at radius 3 is 0.947 bits per heavy atom. The van der Waals surface area contributed by atoms with Crippen molar-refractivity contribution in [2.75, 3.05) is 0 Å². The van der Waals surface area contributed by atoms with Crippen molar-refractivity contribution in [3.8, 4) is 17.2 Å². The highest BCUT2D eigenvalue weighted by Crippen LogP contribution is 2.40. The van der Waals surface area contributed by atoms with Crippen LogP contribution in [0.15, 0.2) is 97.1 Å². The van der Waals surface area contributed by atoms with Crippen LogP contribution in [-0.4, -0.2) is 15.3 Å². The molecule has 0 radical (unpaired) electrons. The predicted octanol–water partition coefficient (Wildman–Crippen LogP) is 9.29. The van der Waals surface area contributed by atoms with Gasteiger partial charge in [-0.1, -0.05) is 109 Å². The summed E-state index contributed by atoms with van der Waals surface area (Å²) in [6.07, 6.45) is 0. The van der Waals surface area contributed by atoms with Crippen LogP contribution in [0.1, 0.15) is 89.1 Å². The summed E-state index contributed by atoms with van der Waals surface area (Å²) in [6.45, 7) is 17.3. The minimum atomic E-state index is -0.477. The van der Waals surface area contributed by atoms with Crippen molar-refractivity contribution in [2.45, 2.75) is 72.1 Å². The molecule has 3 N–H and O–H groups in total. The molecule has 0 aliphatic rings. The first-order chi connectivity index (χ1) is 17.9. The third-order valence-corrected chi connectivity index (χ3v) is 6.78. The Morgan fingerprint density at radius 1 is 0.447 bits per heavy atom. The SMILES string of the molecule is CC.CC(C)c1ccc(C(C)(C)C)cc1.CC(c1ccc(O)cc1)(c1ccc(O)cc1)c1ccc(O)cc1. The maximum absolute atomic E-state index is 9.57. The van der Waals surface area contributed by atoms with Gasteiger partial charge < -0.3 is 15.3 Å². The quantitative estimate of drug-likeness (QED) is 0.239. The number of phenolic OH excluding ortho intramolecular Hbond substituents is 3. The number of hydrogen-bond acceptors (Lipinski definition) is 3. The molecule has 0 aliphatic heterocycles. The Bertz CT molecular complexity index is 1120. The molecule has 4 aromatic carbocycles. The fraction of sp³-hybridized carbons (Fsp3) is 0.314. The van der Waals surface area contributed by atoms with Crippen molar-refractivity contribution >= 4 is 0 Å². The standard InChI is InChI=1S/C20H18O3.C13H20.C2H6/c1-20(14-2-8-17(21)9-3-14,15-4-10-18(22)11-5-15)16-6-12-19(23)13-7-16;1-10(2)11-6-8-12(9-7-11)13(3,4)5;1-2/h2-13,21-23H,1H3;6-10H,1-5H3;1-2H3. The summed E-state index contributed by atoms with van der Waals surface area (Å²) < 4.78 is 0. The summed E-state index contributed by atoms with van der Waals surface area (Å²) in [6, 6.07) is 30.2. The van der Waals surface area contributed by atoms with Crippen LogP contribution in [0.25, 0.3) is 0 Å². The third kappa shape index (κ3) is 7.64. The summed E-state index contributed by atoms with van der Waals surface area (Å²) in [4.78, 5) is 0. The van der Waals surface area contributed by atoms with Crippen LogP contribution in [0.3, 0.4) is 0 Å². The fourth-order valence-electron chi connectivity index (χ4n) is 4.25. The topological polar surface area (TPSA) is 60.7 Å². The highest BCUT2D eigenvalue weighted by atomic mass is 16.3. The van der Waals surface area contributed by atoms with Crippen molar-refractivity contribution in [1.29, 1.82) is 0 Å². The van der Waals surface area contributed by atoms with Gasteiger partial charge in [-0.05, 0) is 82.5 Å². The van der Waals surface area contributed by atoms with Gasteiger partial charge in [0.15, 0.2) is 0 Å². The Kier molecular flexibility index (Phi) is 10.6. The van der Waals surface area contributed by atoms with E-state index in [1.165, 1.54) is 11.1 Å². The van der Waals surface area contributed by atoms with Crippen LogP contribution in [-0.2, 0) is 10.8 Å². The van der Waals surface area contributed by atoms with E-state index in [-0.39, 0.29) is 22.7 Å². The van der Waals surface area contributed by atoms with Crippen molar-refractivity contribution in [3.05, 3.63) is 125 Å². The Morgan fingerprint density at radius 2 is 0.711 bits per heavy atom. The molecule has 0 saturated heterocycles. The van der Waals surface area contributed by atoms with Gasteiger partial charge in [-0.2, -0.15) is 0 Å². The van der Waals surface area contributed by atoms with E-state index in [4.69, 9.17) is 0 Å². The van der Waals surface area contributed by atoms with Crippen LogP contribution in [0.5, 0.6) is 17.2 Å². The van der Waals surface area contributed by atoms with Crippen molar-refractivity contribution in [1.82, 2.24) is 0 Å². The maximum Gasteiger partial charge on any atom is 0.115 e. The molecular formula is C35H44O3. The third-order valence-electron chi connectivity index (χ3n) is 6.78. The van der Waals surface area contributed by atoms with Crippen LogP contribution in [0.2, 0.25) is 0 Å². The molecule has 3 nitrogen and oxygen atoms in total. The van der Waals surface area contributed by atoms with Crippen molar-refractivity contribution in [3.63, 3.8) is 0 Å².